The SMILES string of the molecule is CC(C)N(Cc1nc2ccccc2c(=O)[nH]1)C(=O)Cc1ccc(S(=O)(=O)N2CCOCC2)s1. The van der Waals surface area contributed by atoms with Crippen molar-refractivity contribution in [2.24, 2.45) is 0 Å². The molecule has 0 radical (unpaired) electrons. The quantitative estimate of drug-likeness (QED) is 0.542. The second-order valence-corrected chi connectivity index (χ2v) is 11.4. The lowest BCUT2D eigenvalue weighted by Gasteiger charge is -2.26. The monoisotopic (exact) mass is 490 g/mol. The van der Waals surface area contributed by atoms with Crippen molar-refractivity contribution in [3.8, 4) is 0 Å². The van der Waals surface area contributed by atoms with Gasteiger partial charge in [-0.15, -0.1) is 11.3 Å². The Hall–Kier alpha value is -2.60. The van der Waals surface area contributed by atoms with Gasteiger partial charge in [0.2, 0.25) is 5.91 Å². The molecule has 1 saturated heterocycles. The zero-order valence-electron chi connectivity index (χ0n) is 18.5. The number of nitrogens with zero attached hydrogens (tertiary/aromatic N) is 3. The number of morpholine rings is 1. The summed E-state index contributed by atoms with van der Waals surface area (Å²) in [6, 6.07) is 10.2. The van der Waals surface area contributed by atoms with E-state index in [1.54, 1.807) is 35.2 Å². The summed E-state index contributed by atoms with van der Waals surface area (Å²) in [6.07, 6.45) is 0.0687. The number of sulfonamides is 1. The summed E-state index contributed by atoms with van der Waals surface area (Å²) in [5, 5.41) is 0.497. The maximum atomic E-state index is 13.1. The molecule has 11 heteroatoms. The number of hydrogen-bond acceptors (Lipinski definition) is 7. The summed E-state index contributed by atoms with van der Waals surface area (Å²) in [5.41, 5.74) is 0.326. The Morgan fingerprint density at radius 2 is 1.94 bits per heavy atom. The highest BCUT2D eigenvalue weighted by molar-refractivity contribution is 7.91. The second-order valence-electron chi connectivity index (χ2n) is 8.06. The summed E-state index contributed by atoms with van der Waals surface area (Å²) < 4.78 is 32.6. The van der Waals surface area contributed by atoms with Gasteiger partial charge in [-0.2, -0.15) is 4.31 Å². The van der Waals surface area contributed by atoms with Crippen LogP contribution >= 0.6 is 11.3 Å². The Morgan fingerprint density at radius 1 is 1.21 bits per heavy atom. The second kappa shape index (κ2) is 9.72. The first kappa shape index (κ1) is 23.6. The lowest BCUT2D eigenvalue weighted by molar-refractivity contribution is -0.132. The molecule has 0 spiro atoms. The molecule has 4 rings (SSSR count). The number of aromatic nitrogens is 2. The maximum absolute atomic E-state index is 13.1. The molecule has 3 heterocycles. The van der Waals surface area contributed by atoms with Crippen molar-refractivity contribution in [2.45, 2.75) is 37.1 Å². The third kappa shape index (κ3) is 5.16. The van der Waals surface area contributed by atoms with Crippen molar-refractivity contribution in [2.75, 3.05) is 26.3 Å². The number of H-pyrrole nitrogens is 1. The maximum Gasteiger partial charge on any atom is 0.258 e. The normalized spacial score (nSPS) is 15.2. The third-order valence-electron chi connectivity index (χ3n) is 5.45. The summed E-state index contributed by atoms with van der Waals surface area (Å²) in [7, 11) is -3.59. The third-order valence-corrected chi connectivity index (χ3v) is 8.90. The average molecular weight is 491 g/mol. The number of ether oxygens (including phenoxy) is 1. The molecule has 0 unspecified atom stereocenters. The van der Waals surface area contributed by atoms with Crippen molar-refractivity contribution in [1.29, 1.82) is 0 Å². The van der Waals surface area contributed by atoms with E-state index in [9.17, 15) is 18.0 Å². The van der Waals surface area contributed by atoms with Gasteiger partial charge < -0.3 is 14.6 Å². The summed E-state index contributed by atoms with van der Waals surface area (Å²) in [6.45, 7) is 5.34. The highest BCUT2D eigenvalue weighted by Gasteiger charge is 2.28. The first-order chi connectivity index (χ1) is 15.8. The minimum Gasteiger partial charge on any atom is -0.379 e. The van der Waals surface area contributed by atoms with E-state index >= 15 is 0 Å². The first-order valence-corrected chi connectivity index (χ1v) is 13.0. The zero-order valence-corrected chi connectivity index (χ0v) is 20.1. The van der Waals surface area contributed by atoms with Crippen molar-refractivity contribution in [3.63, 3.8) is 0 Å². The number of rotatable bonds is 7. The molecule has 0 aliphatic carbocycles. The van der Waals surface area contributed by atoms with Crippen LogP contribution in [0.5, 0.6) is 0 Å². The van der Waals surface area contributed by atoms with E-state index in [4.69, 9.17) is 4.74 Å². The molecule has 1 N–H and O–H groups in total. The van der Waals surface area contributed by atoms with Crippen LogP contribution in [0.2, 0.25) is 0 Å². The van der Waals surface area contributed by atoms with Gasteiger partial charge in [0.25, 0.3) is 15.6 Å². The number of benzene rings is 1. The van der Waals surface area contributed by atoms with E-state index in [0.717, 1.165) is 11.3 Å². The first-order valence-electron chi connectivity index (χ1n) is 10.7. The fraction of sp³-hybridized carbons (Fsp3) is 0.409. The van der Waals surface area contributed by atoms with Crippen LogP contribution in [0.1, 0.15) is 24.5 Å². The minimum atomic E-state index is -3.59. The van der Waals surface area contributed by atoms with Gasteiger partial charge in [-0.3, -0.25) is 9.59 Å². The number of aromatic amines is 1. The lowest BCUT2D eigenvalue weighted by Crippen LogP contribution is -2.40. The number of carbonyl (C=O) groups is 1. The molecule has 3 aromatic rings. The molecule has 1 fully saturated rings. The fourth-order valence-electron chi connectivity index (χ4n) is 3.69. The zero-order chi connectivity index (χ0) is 23.6. The molecule has 1 aromatic carbocycles. The van der Waals surface area contributed by atoms with E-state index in [2.05, 4.69) is 9.97 Å². The van der Waals surface area contributed by atoms with E-state index in [0.29, 0.717) is 47.9 Å². The van der Waals surface area contributed by atoms with Gasteiger partial charge in [-0.05, 0) is 38.1 Å². The Balaban J connectivity index is 1.50. The van der Waals surface area contributed by atoms with Gasteiger partial charge in [0.05, 0.1) is 37.1 Å². The molecule has 33 heavy (non-hydrogen) atoms. The molecule has 176 valence electrons. The Morgan fingerprint density at radius 3 is 2.67 bits per heavy atom. The predicted molar refractivity (Wildman–Crippen MR) is 126 cm³/mol. The number of hydrogen-bond donors (Lipinski definition) is 1. The Bertz CT molecular complexity index is 1310. The van der Waals surface area contributed by atoms with E-state index in [1.807, 2.05) is 19.9 Å². The fourth-order valence-corrected chi connectivity index (χ4v) is 6.60. The summed E-state index contributed by atoms with van der Waals surface area (Å²) >= 11 is 1.11. The van der Waals surface area contributed by atoms with Crippen molar-refractivity contribution >= 4 is 38.2 Å². The molecule has 0 atom stereocenters. The molecular formula is C22H26N4O5S2. The van der Waals surface area contributed by atoms with Crippen LogP contribution in [0.15, 0.2) is 45.4 Å². The molecule has 1 aliphatic rings. The number of thiophene rings is 1. The molecule has 0 bridgehead atoms. The number of para-hydroxylation sites is 1. The van der Waals surface area contributed by atoms with Crippen LogP contribution in [0.4, 0.5) is 0 Å². The van der Waals surface area contributed by atoms with Gasteiger partial charge in [0, 0.05) is 24.0 Å². The number of carbonyl (C=O) groups excluding carboxylic acids is 1. The van der Waals surface area contributed by atoms with E-state index in [-0.39, 0.29) is 34.7 Å². The molecule has 9 nitrogen and oxygen atoms in total. The van der Waals surface area contributed by atoms with Gasteiger partial charge in [0.1, 0.15) is 10.0 Å². The minimum absolute atomic E-state index is 0.0687. The standard InChI is InChI=1S/C22H26N4O5S2/c1-15(2)26(14-19-23-18-6-4-3-5-17(18)22(28)24-19)20(27)13-16-7-8-21(32-16)33(29,30)25-9-11-31-12-10-25/h3-8,15H,9-14H2,1-2H3,(H,23,24,28). The highest BCUT2D eigenvalue weighted by atomic mass is 32.2. The number of nitrogens with one attached hydrogen (secondary N) is 1. The molecule has 1 aliphatic heterocycles. The number of amides is 1. The van der Waals surface area contributed by atoms with Gasteiger partial charge >= 0.3 is 0 Å². The van der Waals surface area contributed by atoms with E-state index in [1.165, 1.54) is 4.31 Å². The molecule has 1 amide bonds. The molecule has 0 saturated carbocycles. The van der Waals surface area contributed by atoms with Crippen LogP contribution in [0.3, 0.4) is 0 Å². The molecular weight excluding hydrogens is 464 g/mol. The highest BCUT2D eigenvalue weighted by Crippen LogP contribution is 2.26. The van der Waals surface area contributed by atoms with Crippen LogP contribution in [-0.2, 0) is 32.5 Å². The van der Waals surface area contributed by atoms with Crippen LogP contribution in [0, 0.1) is 0 Å². The van der Waals surface area contributed by atoms with Crippen molar-refractivity contribution in [3.05, 3.63) is 57.5 Å². The van der Waals surface area contributed by atoms with E-state index < -0.39 is 10.0 Å². The molecule has 2 aromatic heterocycles. The van der Waals surface area contributed by atoms with Gasteiger partial charge in [-0.1, -0.05) is 12.1 Å². The summed E-state index contributed by atoms with van der Waals surface area (Å²) in [4.78, 5) is 35.0. The predicted octanol–water partition coefficient (Wildman–Crippen LogP) is 1.99. The summed E-state index contributed by atoms with van der Waals surface area (Å²) in [5.74, 6) is 0.237. The number of fused-ring (bicyclic) bond motifs is 1. The van der Waals surface area contributed by atoms with Crippen LogP contribution in [0.25, 0.3) is 10.9 Å². The Kier molecular flexibility index (Phi) is 6.94. The smallest absolute Gasteiger partial charge is 0.258 e. The van der Waals surface area contributed by atoms with Gasteiger partial charge in [0.15, 0.2) is 0 Å². The lowest BCUT2D eigenvalue weighted by atomic mass is 10.2. The van der Waals surface area contributed by atoms with Gasteiger partial charge in [-0.25, -0.2) is 13.4 Å². The topological polar surface area (TPSA) is 113 Å². The largest absolute Gasteiger partial charge is 0.379 e. The van der Waals surface area contributed by atoms with Crippen LogP contribution < -0.4 is 5.56 Å². The van der Waals surface area contributed by atoms with Crippen molar-refractivity contribution in [1.82, 2.24) is 19.2 Å². The Labute approximate surface area is 196 Å². The van der Waals surface area contributed by atoms with Crippen LogP contribution in [-0.4, -0.2) is 65.8 Å². The average Bonchev–Trinajstić information content (AvgIpc) is 3.27. The van der Waals surface area contributed by atoms with Crippen molar-refractivity contribution < 1.29 is 17.9 Å².